The Morgan fingerprint density at radius 3 is 2.33 bits per heavy atom. The van der Waals surface area contributed by atoms with Gasteiger partial charge in [0.15, 0.2) is 0 Å². The molecule has 0 bridgehead atoms. The minimum atomic E-state index is -0.913. The molecule has 24 heavy (non-hydrogen) atoms. The van der Waals surface area contributed by atoms with E-state index in [2.05, 4.69) is 29.3 Å². The fourth-order valence-corrected chi connectivity index (χ4v) is 2.18. The quantitative estimate of drug-likeness (QED) is 0.600. The summed E-state index contributed by atoms with van der Waals surface area (Å²) >= 11 is 0. The van der Waals surface area contributed by atoms with Crippen LogP contribution in [0.2, 0.25) is 0 Å². The van der Waals surface area contributed by atoms with Crippen molar-refractivity contribution in [2.24, 2.45) is 0 Å². The van der Waals surface area contributed by atoms with Crippen molar-refractivity contribution in [1.82, 2.24) is 0 Å². The molecule has 2 aromatic carbocycles. The fraction of sp³-hybridized carbons (Fsp3) is 0.250. The minimum absolute atomic E-state index is 0.291. The molecule has 4 heteroatoms. The lowest BCUT2D eigenvalue weighted by Crippen LogP contribution is -2.01. The molecule has 0 heterocycles. The third-order valence-electron chi connectivity index (χ3n) is 3.53. The van der Waals surface area contributed by atoms with Crippen LogP contribution in [0.25, 0.3) is 0 Å². The lowest BCUT2D eigenvalue weighted by atomic mass is 10.1. The predicted octanol–water partition coefficient (Wildman–Crippen LogP) is 3.83. The second kappa shape index (κ2) is 9.26. The number of aryl methyl sites for hydroxylation is 1. The third-order valence-corrected chi connectivity index (χ3v) is 3.53. The molecule has 0 spiro atoms. The van der Waals surface area contributed by atoms with Gasteiger partial charge < -0.3 is 15.2 Å². The summed E-state index contributed by atoms with van der Waals surface area (Å²) in [4.78, 5) is 10.8. The highest BCUT2D eigenvalue weighted by molar-refractivity contribution is 5.87. The Morgan fingerprint density at radius 1 is 1.04 bits per heavy atom. The van der Waals surface area contributed by atoms with E-state index in [1.807, 2.05) is 12.1 Å². The summed E-state index contributed by atoms with van der Waals surface area (Å²) in [5, 5.41) is 12.1. The lowest BCUT2D eigenvalue weighted by molar-refractivity contribution is 0.0697. The molecule has 2 N–H and O–H groups in total. The monoisotopic (exact) mass is 323 g/mol. The highest BCUT2D eigenvalue weighted by atomic mass is 16.5. The number of ether oxygens (including phenoxy) is 1. The van der Waals surface area contributed by atoms with Crippen molar-refractivity contribution >= 4 is 11.7 Å². The molecule has 0 saturated heterocycles. The average Bonchev–Trinajstić information content (AvgIpc) is 2.62. The maximum Gasteiger partial charge on any atom is 0.335 e. The molecule has 0 fully saturated rings. The van der Waals surface area contributed by atoms with E-state index in [9.17, 15) is 4.79 Å². The van der Waals surface area contributed by atoms with Gasteiger partial charge in [0.1, 0.15) is 5.75 Å². The highest BCUT2D eigenvalue weighted by Crippen LogP contribution is 2.12. The maximum absolute atomic E-state index is 10.8. The molecule has 0 aliphatic carbocycles. The number of methoxy groups -OCH3 is 1. The molecule has 124 valence electrons. The first-order valence-corrected chi connectivity index (χ1v) is 7.85. The number of nitrogens with one attached hydrogen (secondary N) is 1. The molecule has 2 aromatic rings. The first kappa shape index (κ1) is 17.4. The third kappa shape index (κ3) is 5.69. The van der Waals surface area contributed by atoms with Crippen LogP contribution in [0.3, 0.4) is 0 Å². The smallest absolute Gasteiger partial charge is 0.335 e. The second-order valence-electron chi connectivity index (χ2n) is 5.26. The standard InChI is InChI=1S/C20H21NO3/c1-24-19-13-7-16(8-14-19)6-4-2-3-5-15-21-18-11-9-17(10-12-18)20(22)23/h7-14,21H,4-6,15H2,1H3,(H,22,23). The molecule has 4 nitrogen and oxygen atoms in total. The van der Waals surface area contributed by atoms with Gasteiger partial charge in [-0.3, -0.25) is 0 Å². The Labute approximate surface area is 142 Å². The number of carbonyl (C=O) groups is 1. The number of anilines is 1. The molecule has 0 radical (unpaired) electrons. The van der Waals surface area contributed by atoms with Crippen LogP contribution in [-0.4, -0.2) is 24.7 Å². The van der Waals surface area contributed by atoms with Crippen LogP contribution in [0.5, 0.6) is 5.75 Å². The molecular formula is C20H21NO3. The molecule has 0 saturated carbocycles. The average molecular weight is 323 g/mol. The zero-order valence-electron chi connectivity index (χ0n) is 13.7. The number of hydrogen-bond acceptors (Lipinski definition) is 3. The first-order chi connectivity index (χ1) is 11.7. The summed E-state index contributed by atoms with van der Waals surface area (Å²) in [7, 11) is 1.66. The summed E-state index contributed by atoms with van der Waals surface area (Å²) in [6.45, 7) is 0.738. The number of benzene rings is 2. The van der Waals surface area contributed by atoms with Gasteiger partial charge in [0, 0.05) is 25.1 Å². The van der Waals surface area contributed by atoms with E-state index in [-0.39, 0.29) is 0 Å². The second-order valence-corrected chi connectivity index (χ2v) is 5.26. The van der Waals surface area contributed by atoms with Crippen molar-refractivity contribution in [2.45, 2.75) is 19.3 Å². The molecule has 0 atom stereocenters. The Hall–Kier alpha value is -2.93. The topological polar surface area (TPSA) is 58.6 Å². The normalized spacial score (nSPS) is 9.71. The molecule has 0 amide bonds. The van der Waals surface area contributed by atoms with Crippen LogP contribution in [0, 0.1) is 11.8 Å². The van der Waals surface area contributed by atoms with Gasteiger partial charge in [-0.2, -0.15) is 0 Å². The summed E-state index contributed by atoms with van der Waals surface area (Å²) < 4.78 is 5.13. The molecule has 0 aliphatic heterocycles. The zero-order chi connectivity index (χ0) is 17.2. The SMILES string of the molecule is COc1ccc(CCC#CCCNc2ccc(C(=O)O)cc2)cc1. The maximum atomic E-state index is 10.8. The van der Waals surface area contributed by atoms with E-state index < -0.39 is 5.97 Å². The molecular weight excluding hydrogens is 302 g/mol. The largest absolute Gasteiger partial charge is 0.497 e. The van der Waals surface area contributed by atoms with E-state index >= 15 is 0 Å². The Kier molecular flexibility index (Phi) is 6.73. The van der Waals surface area contributed by atoms with E-state index in [4.69, 9.17) is 9.84 Å². The minimum Gasteiger partial charge on any atom is -0.497 e. The highest BCUT2D eigenvalue weighted by Gasteiger charge is 2.00. The molecule has 0 aromatic heterocycles. The Morgan fingerprint density at radius 2 is 1.71 bits per heavy atom. The summed E-state index contributed by atoms with van der Waals surface area (Å²) in [6.07, 6.45) is 2.52. The number of aromatic carboxylic acids is 1. The fourth-order valence-electron chi connectivity index (χ4n) is 2.18. The van der Waals surface area contributed by atoms with Crippen molar-refractivity contribution in [2.75, 3.05) is 19.0 Å². The van der Waals surface area contributed by atoms with Gasteiger partial charge in [-0.1, -0.05) is 12.1 Å². The van der Waals surface area contributed by atoms with Crippen molar-refractivity contribution in [3.8, 4) is 17.6 Å². The van der Waals surface area contributed by atoms with Crippen LogP contribution in [0.1, 0.15) is 28.8 Å². The van der Waals surface area contributed by atoms with Crippen LogP contribution in [-0.2, 0) is 6.42 Å². The van der Waals surface area contributed by atoms with Gasteiger partial charge >= 0.3 is 5.97 Å². The number of carboxylic acids is 1. The van der Waals surface area contributed by atoms with Crippen molar-refractivity contribution in [1.29, 1.82) is 0 Å². The van der Waals surface area contributed by atoms with Crippen molar-refractivity contribution in [3.05, 3.63) is 59.7 Å². The molecule has 0 aliphatic rings. The predicted molar refractivity (Wildman–Crippen MR) is 95.6 cm³/mol. The van der Waals surface area contributed by atoms with Crippen molar-refractivity contribution in [3.63, 3.8) is 0 Å². The van der Waals surface area contributed by atoms with E-state index in [0.717, 1.165) is 37.2 Å². The molecule has 2 rings (SSSR count). The van der Waals surface area contributed by atoms with Gasteiger partial charge in [-0.25, -0.2) is 4.79 Å². The van der Waals surface area contributed by atoms with E-state index in [0.29, 0.717) is 5.56 Å². The number of hydrogen-bond donors (Lipinski definition) is 2. The van der Waals surface area contributed by atoms with Crippen LogP contribution in [0.15, 0.2) is 48.5 Å². The van der Waals surface area contributed by atoms with Crippen LogP contribution in [0.4, 0.5) is 5.69 Å². The van der Waals surface area contributed by atoms with Crippen LogP contribution < -0.4 is 10.1 Å². The number of carboxylic acid groups (broad SMARTS) is 1. The van der Waals surface area contributed by atoms with E-state index in [1.165, 1.54) is 5.56 Å². The van der Waals surface area contributed by atoms with E-state index in [1.54, 1.807) is 31.4 Å². The lowest BCUT2D eigenvalue weighted by Gasteiger charge is -2.04. The van der Waals surface area contributed by atoms with Gasteiger partial charge in [-0.15, -0.1) is 11.8 Å². The summed E-state index contributed by atoms with van der Waals surface area (Å²) in [5.74, 6) is 6.28. The van der Waals surface area contributed by atoms with Gasteiger partial charge in [0.05, 0.1) is 12.7 Å². The summed E-state index contributed by atoms with van der Waals surface area (Å²) in [5.41, 5.74) is 2.45. The zero-order valence-corrected chi connectivity index (χ0v) is 13.7. The van der Waals surface area contributed by atoms with Gasteiger partial charge in [0.2, 0.25) is 0 Å². The molecule has 0 unspecified atom stereocenters. The van der Waals surface area contributed by atoms with Crippen LogP contribution >= 0.6 is 0 Å². The van der Waals surface area contributed by atoms with Gasteiger partial charge in [0.25, 0.3) is 0 Å². The Balaban J connectivity index is 1.65. The first-order valence-electron chi connectivity index (χ1n) is 7.85. The van der Waals surface area contributed by atoms with Crippen molar-refractivity contribution < 1.29 is 14.6 Å². The summed E-state index contributed by atoms with van der Waals surface area (Å²) in [6, 6.07) is 14.7. The number of rotatable bonds is 7. The Bertz CT molecular complexity index is 709. The van der Waals surface area contributed by atoms with Gasteiger partial charge in [-0.05, 0) is 48.4 Å².